The lowest BCUT2D eigenvalue weighted by molar-refractivity contribution is -0.388. The van der Waals surface area contributed by atoms with Gasteiger partial charge in [0.15, 0.2) is 0 Å². The molecule has 0 bridgehead atoms. The SMILES string of the molecule is CSc1ccc(CN(C)c2c([N+](=O)[O-])ncn2C)cc1. The van der Waals surface area contributed by atoms with Crippen LogP contribution in [-0.4, -0.2) is 27.8 Å². The van der Waals surface area contributed by atoms with Gasteiger partial charge in [-0.2, -0.15) is 0 Å². The van der Waals surface area contributed by atoms with Crippen LogP contribution in [0.5, 0.6) is 0 Å². The Balaban J connectivity index is 2.21. The van der Waals surface area contributed by atoms with Crippen molar-refractivity contribution in [3.8, 4) is 0 Å². The molecule has 6 nitrogen and oxygen atoms in total. The van der Waals surface area contributed by atoms with Crippen molar-refractivity contribution in [2.24, 2.45) is 7.05 Å². The molecule has 1 aromatic heterocycles. The molecule has 0 fully saturated rings. The molecule has 0 saturated carbocycles. The van der Waals surface area contributed by atoms with E-state index < -0.39 is 4.92 Å². The summed E-state index contributed by atoms with van der Waals surface area (Å²) in [6.07, 6.45) is 3.49. The van der Waals surface area contributed by atoms with Crippen molar-refractivity contribution >= 4 is 23.4 Å². The summed E-state index contributed by atoms with van der Waals surface area (Å²) in [5, 5.41) is 11.0. The Morgan fingerprint density at radius 3 is 2.60 bits per heavy atom. The second-order valence-corrected chi connectivity index (χ2v) is 5.34. The van der Waals surface area contributed by atoms with Gasteiger partial charge in [-0.25, -0.2) is 0 Å². The van der Waals surface area contributed by atoms with E-state index >= 15 is 0 Å². The molecule has 0 spiro atoms. The molecule has 106 valence electrons. The quantitative estimate of drug-likeness (QED) is 0.481. The number of anilines is 1. The lowest BCUT2D eigenvalue weighted by Crippen LogP contribution is -2.20. The molecule has 0 unspecified atom stereocenters. The predicted molar refractivity (Wildman–Crippen MR) is 80.2 cm³/mol. The van der Waals surface area contributed by atoms with Crippen molar-refractivity contribution in [3.05, 3.63) is 46.3 Å². The molecular formula is C13H16N4O2S. The highest BCUT2D eigenvalue weighted by molar-refractivity contribution is 7.98. The Kier molecular flexibility index (Phi) is 4.29. The Labute approximate surface area is 121 Å². The monoisotopic (exact) mass is 292 g/mol. The second kappa shape index (κ2) is 5.96. The van der Waals surface area contributed by atoms with Crippen LogP contribution in [0.15, 0.2) is 35.5 Å². The number of hydrogen-bond donors (Lipinski definition) is 0. The van der Waals surface area contributed by atoms with Crippen LogP contribution in [0.3, 0.4) is 0 Å². The van der Waals surface area contributed by atoms with Crippen molar-refractivity contribution in [2.75, 3.05) is 18.2 Å². The first-order valence-electron chi connectivity index (χ1n) is 6.02. The number of rotatable bonds is 5. The van der Waals surface area contributed by atoms with Crippen LogP contribution in [-0.2, 0) is 13.6 Å². The maximum Gasteiger partial charge on any atom is 0.406 e. The highest BCUT2D eigenvalue weighted by Gasteiger charge is 2.23. The first-order valence-corrected chi connectivity index (χ1v) is 7.25. The fraction of sp³-hybridized carbons (Fsp3) is 0.308. The van der Waals surface area contributed by atoms with E-state index in [1.807, 2.05) is 42.5 Å². The number of imidazole rings is 1. The first-order chi connectivity index (χ1) is 9.52. The zero-order chi connectivity index (χ0) is 14.7. The number of nitrogens with zero attached hydrogens (tertiary/aromatic N) is 4. The van der Waals surface area contributed by atoms with Crippen LogP contribution in [0.1, 0.15) is 5.56 Å². The third kappa shape index (κ3) is 2.93. The molecule has 0 aliphatic rings. The van der Waals surface area contributed by atoms with Gasteiger partial charge >= 0.3 is 5.82 Å². The number of aryl methyl sites for hydroxylation is 1. The average Bonchev–Trinajstić information content (AvgIpc) is 2.81. The summed E-state index contributed by atoms with van der Waals surface area (Å²) in [5.74, 6) is 0.389. The molecule has 20 heavy (non-hydrogen) atoms. The average molecular weight is 292 g/mol. The van der Waals surface area contributed by atoms with Gasteiger partial charge in [0, 0.05) is 25.5 Å². The van der Waals surface area contributed by atoms with Gasteiger partial charge in [-0.15, -0.1) is 11.8 Å². The molecule has 1 aromatic carbocycles. The summed E-state index contributed by atoms with van der Waals surface area (Å²) < 4.78 is 1.66. The fourth-order valence-corrected chi connectivity index (χ4v) is 2.47. The van der Waals surface area contributed by atoms with Crippen molar-refractivity contribution in [2.45, 2.75) is 11.4 Å². The molecule has 0 atom stereocenters. The molecule has 0 radical (unpaired) electrons. The van der Waals surface area contributed by atoms with Crippen LogP contribution in [0, 0.1) is 10.1 Å². The zero-order valence-corrected chi connectivity index (χ0v) is 12.4. The molecule has 0 aliphatic heterocycles. The fourth-order valence-electron chi connectivity index (χ4n) is 2.06. The van der Waals surface area contributed by atoms with Gasteiger partial charge in [0.05, 0.1) is 0 Å². The standard InChI is InChI=1S/C13H16N4O2S/c1-15(8-10-4-6-11(20-3)7-5-10)13-12(17(18)19)14-9-16(13)2/h4-7,9H,8H2,1-3H3. The van der Waals surface area contributed by atoms with Crippen LogP contribution in [0.25, 0.3) is 0 Å². The maximum absolute atomic E-state index is 11.0. The summed E-state index contributed by atoms with van der Waals surface area (Å²) in [6, 6.07) is 8.16. The second-order valence-electron chi connectivity index (χ2n) is 4.46. The lowest BCUT2D eigenvalue weighted by atomic mass is 10.2. The minimum atomic E-state index is -0.456. The van der Waals surface area contributed by atoms with E-state index in [1.165, 1.54) is 11.2 Å². The lowest BCUT2D eigenvalue weighted by Gasteiger charge is -2.18. The largest absolute Gasteiger partial charge is 0.406 e. The molecule has 1 heterocycles. The van der Waals surface area contributed by atoms with E-state index in [0.717, 1.165) is 5.56 Å². The van der Waals surface area contributed by atoms with Crippen molar-refractivity contribution in [1.82, 2.24) is 9.55 Å². The minimum absolute atomic E-state index is 0.115. The van der Waals surface area contributed by atoms with Gasteiger partial charge in [-0.1, -0.05) is 12.1 Å². The van der Waals surface area contributed by atoms with E-state index in [0.29, 0.717) is 12.4 Å². The molecule has 0 N–H and O–H groups in total. The maximum atomic E-state index is 11.0. The molecule has 0 aliphatic carbocycles. The van der Waals surface area contributed by atoms with E-state index in [9.17, 15) is 10.1 Å². The summed E-state index contributed by atoms with van der Waals surface area (Å²) in [5.41, 5.74) is 1.10. The third-order valence-corrected chi connectivity index (χ3v) is 3.74. The highest BCUT2D eigenvalue weighted by atomic mass is 32.2. The molecule has 2 rings (SSSR count). The first kappa shape index (κ1) is 14.4. The number of nitro groups is 1. The van der Waals surface area contributed by atoms with E-state index in [4.69, 9.17) is 0 Å². The number of benzene rings is 1. The molecule has 7 heteroatoms. The van der Waals surface area contributed by atoms with Crippen LogP contribution in [0.2, 0.25) is 0 Å². The van der Waals surface area contributed by atoms with Gasteiger partial charge in [0.25, 0.3) is 0 Å². The topological polar surface area (TPSA) is 64.2 Å². The molecule has 2 aromatic rings. The van der Waals surface area contributed by atoms with Crippen LogP contribution in [0.4, 0.5) is 11.6 Å². The Morgan fingerprint density at radius 1 is 1.40 bits per heavy atom. The Hall–Kier alpha value is -2.02. The zero-order valence-electron chi connectivity index (χ0n) is 11.6. The summed E-state index contributed by atoms with van der Waals surface area (Å²) in [4.78, 5) is 17.4. The number of aromatic nitrogens is 2. The van der Waals surface area contributed by atoms with Crippen LogP contribution >= 0.6 is 11.8 Å². The van der Waals surface area contributed by atoms with E-state index in [2.05, 4.69) is 4.98 Å². The summed E-state index contributed by atoms with van der Waals surface area (Å²) in [6.45, 7) is 0.592. The third-order valence-electron chi connectivity index (χ3n) is 3.00. The number of thioether (sulfide) groups is 1. The van der Waals surface area contributed by atoms with Crippen LogP contribution < -0.4 is 4.90 Å². The smallest absolute Gasteiger partial charge is 0.358 e. The molecular weight excluding hydrogens is 276 g/mol. The molecule has 0 saturated heterocycles. The molecule has 0 amide bonds. The van der Waals surface area contributed by atoms with Crippen molar-refractivity contribution < 1.29 is 4.92 Å². The van der Waals surface area contributed by atoms with Gasteiger partial charge in [0.2, 0.25) is 12.1 Å². The van der Waals surface area contributed by atoms with E-state index in [-0.39, 0.29) is 5.82 Å². The van der Waals surface area contributed by atoms with Crippen molar-refractivity contribution in [1.29, 1.82) is 0 Å². The van der Waals surface area contributed by atoms with E-state index in [1.54, 1.807) is 23.4 Å². The summed E-state index contributed by atoms with van der Waals surface area (Å²) >= 11 is 1.69. The van der Waals surface area contributed by atoms with Gasteiger partial charge < -0.3 is 15.0 Å². The van der Waals surface area contributed by atoms with Gasteiger partial charge in [-0.05, 0) is 33.9 Å². The van der Waals surface area contributed by atoms with Gasteiger partial charge in [-0.3, -0.25) is 4.57 Å². The normalized spacial score (nSPS) is 10.6. The minimum Gasteiger partial charge on any atom is -0.358 e. The number of hydrogen-bond acceptors (Lipinski definition) is 5. The Morgan fingerprint density at radius 2 is 2.05 bits per heavy atom. The highest BCUT2D eigenvalue weighted by Crippen LogP contribution is 2.26. The summed E-state index contributed by atoms with van der Waals surface area (Å²) in [7, 11) is 3.58. The predicted octanol–water partition coefficient (Wildman–Crippen LogP) is 2.69. The Bertz CT molecular complexity index is 609. The van der Waals surface area contributed by atoms with Crippen molar-refractivity contribution in [3.63, 3.8) is 0 Å². The van der Waals surface area contributed by atoms with Gasteiger partial charge in [0.1, 0.15) is 0 Å².